The SMILES string of the molecule is CC(C)C[C@@H]1NC(=O)[C@@H](CCCN=C(N)N)NC(=O)CNC(=O)[C@H](NC(=O)CCCCCN)CSSC[C@H](C(=O)O)NC(=O)[C@H](CCCCN)NC(=O)[C@@H](CCCCN)NC(=O)[C@H](CCC(=O)O)NC(=O)[C@@H](CCCCN)NC1=O. The maximum atomic E-state index is 14.3. The second-order valence-electron chi connectivity index (χ2n) is 19.7. The van der Waals surface area contributed by atoms with Crippen LogP contribution in [0.4, 0.5) is 0 Å². The highest BCUT2D eigenvalue weighted by Crippen LogP contribution is 2.24. The van der Waals surface area contributed by atoms with Gasteiger partial charge in [0.05, 0.1) is 6.54 Å². The van der Waals surface area contributed by atoms with Crippen LogP contribution in [-0.4, -0.2) is 180 Å². The third-order valence-corrected chi connectivity index (χ3v) is 14.7. The highest BCUT2D eigenvalue weighted by Gasteiger charge is 2.35. The molecule has 80 heavy (non-hydrogen) atoms. The molecular formula is C49H90N16O13S2. The quantitative estimate of drug-likeness (QED) is 0.0155. The van der Waals surface area contributed by atoms with Crippen LogP contribution >= 0.6 is 21.6 Å². The number of carbonyl (C=O) groups excluding carboxylic acids is 9. The summed E-state index contributed by atoms with van der Waals surface area (Å²) < 4.78 is 0. The fraction of sp³-hybridized carbons (Fsp3) is 0.755. The number of unbranched alkanes of at least 4 members (excludes halogenated alkanes) is 5. The summed E-state index contributed by atoms with van der Waals surface area (Å²) in [6.07, 6.45) is 2.87. The average Bonchev–Trinajstić information content (AvgIpc) is 3.39. The van der Waals surface area contributed by atoms with Crippen molar-refractivity contribution >= 4 is 92.7 Å². The van der Waals surface area contributed by atoms with Crippen LogP contribution in [-0.2, 0) is 52.7 Å². The van der Waals surface area contributed by atoms with E-state index in [1.54, 1.807) is 13.8 Å². The first-order valence-electron chi connectivity index (χ1n) is 27.3. The van der Waals surface area contributed by atoms with E-state index in [1.807, 2.05) is 0 Å². The molecule has 1 aliphatic heterocycles. The number of carboxylic acids is 2. The van der Waals surface area contributed by atoms with Gasteiger partial charge in [-0.3, -0.25) is 52.9 Å². The minimum Gasteiger partial charge on any atom is -0.481 e. The molecule has 456 valence electrons. The number of guanidine groups is 1. The molecule has 0 spiro atoms. The molecule has 8 atom stereocenters. The molecule has 1 aliphatic rings. The molecule has 0 unspecified atom stereocenters. The second-order valence-corrected chi connectivity index (χ2v) is 22.2. The van der Waals surface area contributed by atoms with Crippen LogP contribution in [0.25, 0.3) is 0 Å². The summed E-state index contributed by atoms with van der Waals surface area (Å²) in [6, 6.07) is -11.2. The number of aliphatic imine (C=N–C) groups is 1. The summed E-state index contributed by atoms with van der Waals surface area (Å²) in [5.41, 5.74) is 33.8. The predicted molar refractivity (Wildman–Crippen MR) is 303 cm³/mol. The van der Waals surface area contributed by atoms with E-state index >= 15 is 0 Å². The number of aliphatic carboxylic acids is 2. The Morgan fingerprint density at radius 2 is 0.963 bits per heavy atom. The van der Waals surface area contributed by atoms with Crippen molar-refractivity contribution in [2.75, 3.05) is 50.8 Å². The van der Waals surface area contributed by atoms with Crippen molar-refractivity contribution in [3.8, 4) is 0 Å². The third kappa shape index (κ3) is 31.7. The zero-order valence-corrected chi connectivity index (χ0v) is 47.8. The number of carboxylic acid groups (broad SMARTS) is 2. The molecule has 29 nitrogen and oxygen atoms in total. The Balaban J connectivity index is 3.99. The lowest BCUT2D eigenvalue weighted by molar-refractivity contribution is -0.142. The van der Waals surface area contributed by atoms with E-state index in [0.29, 0.717) is 57.9 Å². The molecule has 0 aromatic heterocycles. The number of nitrogens with zero attached hydrogens (tertiary/aromatic N) is 1. The van der Waals surface area contributed by atoms with Crippen LogP contribution in [0.1, 0.15) is 129 Å². The molecule has 0 bridgehead atoms. The Hall–Kier alpha value is -6.02. The standard InChI is InChI=1S/C49H90N16O13S2/c1-29(2)25-35-47(76)62-32(14-6-10-22-52)44(73)63-34(18-19-40(68)69)46(75)61-31(13-5-9-21-51)43(72)60-33(15-7-11-23-53)45(74)65-37(48(77)78)28-80-79-27-36(59-38(66)17-4-3-8-20-50)41(70)57-26-39(67)58-30(42(71)64-35)16-12-24-56-49(54)55/h29-37H,3-28,50-53H2,1-2H3,(H,57,70)(H,58,67)(H,59,66)(H,60,72)(H,61,75)(H,62,76)(H,63,73)(H,64,71)(H,65,74)(H,68,69)(H,77,78)(H4,54,55,56)/t30-,31-,32-,33+,34+,35+,36-,37-/m1/s1. The van der Waals surface area contributed by atoms with Gasteiger partial charge < -0.3 is 92.5 Å². The minimum atomic E-state index is -1.60. The van der Waals surface area contributed by atoms with E-state index < -0.39 is 133 Å². The molecule has 31 heteroatoms. The largest absolute Gasteiger partial charge is 0.481 e. The summed E-state index contributed by atoms with van der Waals surface area (Å²) in [5, 5.41) is 43.1. The molecule has 1 saturated heterocycles. The molecule has 1 rings (SSSR count). The summed E-state index contributed by atoms with van der Waals surface area (Å²) in [6.45, 7) is 3.97. The average molecular weight is 1180 g/mol. The predicted octanol–water partition coefficient (Wildman–Crippen LogP) is -3.67. The molecule has 1 fully saturated rings. The van der Waals surface area contributed by atoms with Gasteiger partial charge in [0.15, 0.2) is 5.96 Å². The van der Waals surface area contributed by atoms with Gasteiger partial charge in [-0.1, -0.05) is 41.9 Å². The van der Waals surface area contributed by atoms with E-state index in [2.05, 4.69) is 52.8 Å². The smallest absolute Gasteiger partial charge is 0.327 e. The first kappa shape index (κ1) is 72.0. The summed E-state index contributed by atoms with van der Waals surface area (Å²) in [4.78, 5) is 154. The zero-order valence-electron chi connectivity index (χ0n) is 46.2. The normalized spacial score (nSPS) is 23.0. The highest BCUT2D eigenvalue weighted by atomic mass is 33.1. The summed E-state index contributed by atoms with van der Waals surface area (Å²) in [7, 11) is 1.93. The van der Waals surface area contributed by atoms with Crippen molar-refractivity contribution < 1.29 is 63.0 Å². The lowest BCUT2D eigenvalue weighted by atomic mass is 10.0. The zero-order chi connectivity index (χ0) is 60.0. The van der Waals surface area contributed by atoms with E-state index in [-0.39, 0.29) is 101 Å². The van der Waals surface area contributed by atoms with Crippen LogP contribution in [0.3, 0.4) is 0 Å². The lowest BCUT2D eigenvalue weighted by Gasteiger charge is -2.28. The van der Waals surface area contributed by atoms with E-state index in [9.17, 15) is 63.0 Å². The third-order valence-electron chi connectivity index (χ3n) is 12.3. The maximum Gasteiger partial charge on any atom is 0.327 e. The number of amides is 9. The van der Waals surface area contributed by atoms with Gasteiger partial charge in [-0.15, -0.1) is 0 Å². The number of carbonyl (C=O) groups is 11. The number of nitrogens with two attached hydrogens (primary N) is 6. The Morgan fingerprint density at radius 3 is 1.43 bits per heavy atom. The van der Waals surface area contributed by atoms with Gasteiger partial charge in [0, 0.05) is 30.9 Å². The molecule has 0 aromatic carbocycles. The van der Waals surface area contributed by atoms with Crippen molar-refractivity contribution in [3.05, 3.63) is 0 Å². The highest BCUT2D eigenvalue weighted by molar-refractivity contribution is 8.76. The van der Waals surface area contributed by atoms with Crippen molar-refractivity contribution in [1.29, 1.82) is 0 Å². The molecular weight excluding hydrogens is 1080 g/mol. The fourth-order valence-electron chi connectivity index (χ4n) is 7.93. The molecule has 1 heterocycles. The topological polar surface area (TPSA) is 505 Å². The number of hydrogen-bond donors (Lipinski definition) is 17. The van der Waals surface area contributed by atoms with Crippen LogP contribution in [0.2, 0.25) is 0 Å². The molecule has 9 amide bonds. The van der Waals surface area contributed by atoms with Crippen molar-refractivity contribution in [1.82, 2.24) is 47.9 Å². The number of nitrogens with one attached hydrogen (secondary N) is 9. The van der Waals surface area contributed by atoms with Gasteiger partial charge in [0.2, 0.25) is 53.2 Å². The molecule has 0 aromatic rings. The van der Waals surface area contributed by atoms with Crippen LogP contribution in [0.5, 0.6) is 0 Å². The van der Waals surface area contributed by atoms with Crippen LogP contribution < -0.4 is 82.3 Å². The maximum absolute atomic E-state index is 14.3. The Bertz CT molecular complexity index is 2020. The van der Waals surface area contributed by atoms with Gasteiger partial charge in [-0.25, -0.2) is 4.79 Å². The molecule has 23 N–H and O–H groups in total. The van der Waals surface area contributed by atoms with Gasteiger partial charge in [-0.05, 0) is 128 Å². The number of hydrogen-bond acceptors (Lipinski definition) is 18. The Kier molecular flexibility index (Phi) is 37.7. The summed E-state index contributed by atoms with van der Waals surface area (Å²) in [5.74, 6) is -11.1. The van der Waals surface area contributed by atoms with Gasteiger partial charge >= 0.3 is 11.9 Å². The van der Waals surface area contributed by atoms with Crippen LogP contribution in [0, 0.1) is 5.92 Å². The van der Waals surface area contributed by atoms with E-state index in [1.165, 1.54) is 0 Å². The van der Waals surface area contributed by atoms with Crippen molar-refractivity contribution in [3.63, 3.8) is 0 Å². The monoisotopic (exact) mass is 1170 g/mol. The molecule has 0 radical (unpaired) electrons. The van der Waals surface area contributed by atoms with E-state index in [0.717, 1.165) is 21.6 Å². The summed E-state index contributed by atoms with van der Waals surface area (Å²) >= 11 is 0. The fourth-order valence-corrected chi connectivity index (χ4v) is 10.2. The van der Waals surface area contributed by atoms with Gasteiger partial charge in [0.1, 0.15) is 48.3 Å². The number of rotatable bonds is 28. The second kappa shape index (κ2) is 41.9. The van der Waals surface area contributed by atoms with Crippen molar-refractivity contribution in [2.45, 2.75) is 178 Å². The van der Waals surface area contributed by atoms with Gasteiger partial charge in [0.25, 0.3) is 0 Å². The molecule has 0 saturated carbocycles. The molecule has 0 aliphatic carbocycles. The first-order chi connectivity index (χ1) is 38.1. The Morgan fingerprint density at radius 1 is 0.537 bits per heavy atom. The van der Waals surface area contributed by atoms with E-state index in [4.69, 9.17) is 34.4 Å². The van der Waals surface area contributed by atoms with Crippen molar-refractivity contribution in [2.24, 2.45) is 45.3 Å². The van der Waals surface area contributed by atoms with Gasteiger partial charge in [-0.2, -0.15) is 0 Å². The lowest BCUT2D eigenvalue weighted by Crippen LogP contribution is -2.60. The minimum absolute atomic E-state index is 0.0104. The first-order valence-corrected chi connectivity index (χ1v) is 29.8. The Labute approximate surface area is 475 Å². The van der Waals surface area contributed by atoms with Crippen LogP contribution in [0.15, 0.2) is 4.99 Å².